The van der Waals surface area contributed by atoms with Crippen molar-refractivity contribution in [3.05, 3.63) is 0 Å². The molecule has 1 saturated carbocycles. The van der Waals surface area contributed by atoms with Crippen LogP contribution in [0.15, 0.2) is 0 Å². The first kappa shape index (κ1) is 19.2. The monoisotopic (exact) mass is 440 g/mol. The molecule has 0 heterocycles. The molecule has 1 fully saturated rings. The van der Waals surface area contributed by atoms with Gasteiger partial charge in [-0.15, -0.1) is 0 Å². The Morgan fingerprint density at radius 2 is 1.86 bits per heavy atom. The molecule has 0 bridgehead atoms. The van der Waals surface area contributed by atoms with Gasteiger partial charge in [-0.1, -0.05) is 29.8 Å². The van der Waals surface area contributed by atoms with E-state index in [1.54, 1.807) is 6.92 Å². The van der Waals surface area contributed by atoms with Crippen LogP contribution in [0.25, 0.3) is 0 Å². The zero-order valence-electron chi connectivity index (χ0n) is 11.9. The average molecular weight is 442 g/mol. The number of hydrogen-bond donors (Lipinski definition) is 0. The highest BCUT2D eigenvalue weighted by atomic mass is 79.9. The molecule has 0 saturated heterocycles. The maximum Gasteiger partial charge on any atom is 0.432 e. The van der Waals surface area contributed by atoms with Crippen molar-refractivity contribution < 1.29 is 27.1 Å². The first-order chi connectivity index (χ1) is 9.34. The average Bonchev–Trinajstić information content (AvgIpc) is 2.77. The fraction of sp³-hybridized carbons (Fsp3) is 0.923. The summed E-state index contributed by atoms with van der Waals surface area (Å²) in [4.78, 5) is 11.1. The van der Waals surface area contributed by atoms with Crippen LogP contribution in [0.3, 0.4) is 0 Å². The highest BCUT2D eigenvalue weighted by Gasteiger charge is 2.63. The summed E-state index contributed by atoms with van der Waals surface area (Å²) >= 11 is 5.19. The number of halogens is 6. The predicted octanol–water partition coefficient (Wildman–Crippen LogP) is 4.99. The molecular weight excluding hydrogens is 424 g/mol. The first-order valence-electron chi connectivity index (χ1n) is 6.59. The Morgan fingerprint density at radius 1 is 1.33 bits per heavy atom. The molecule has 0 spiro atoms. The quantitative estimate of drug-likeness (QED) is 0.330. The van der Waals surface area contributed by atoms with Gasteiger partial charge in [0.15, 0.2) is 0 Å². The largest absolute Gasteiger partial charge is 0.466 e. The van der Waals surface area contributed by atoms with E-state index >= 15 is 0 Å². The lowest BCUT2D eigenvalue weighted by molar-refractivity contribution is -0.193. The Labute approximate surface area is 138 Å². The summed E-state index contributed by atoms with van der Waals surface area (Å²) in [5.41, 5.74) is -0.332. The van der Waals surface area contributed by atoms with Crippen molar-refractivity contribution in [1.82, 2.24) is 0 Å². The predicted molar refractivity (Wildman–Crippen MR) is 78.2 cm³/mol. The van der Waals surface area contributed by atoms with Crippen molar-refractivity contribution in [2.45, 2.75) is 49.2 Å². The molecule has 0 amide bonds. The van der Waals surface area contributed by atoms with Crippen LogP contribution in [0.4, 0.5) is 17.6 Å². The number of esters is 1. The van der Waals surface area contributed by atoms with Crippen LogP contribution in [-0.4, -0.2) is 28.2 Å². The second-order valence-electron chi connectivity index (χ2n) is 5.90. The Kier molecular flexibility index (Phi) is 5.79. The summed E-state index contributed by atoms with van der Waals surface area (Å²) in [7, 11) is 0. The number of carbonyl (C=O) groups is 1. The van der Waals surface area contributed by atoms with Gasteiger partial charge in [-0.3, -0.25) is 4.79 Å². The lowest BCUT2D eigenvalue weighted by Crippen LogP contribution is -2.37. The molecule has 0 N–H and O–H groups in total. The van der Waals surface area contributed by atoms with E-state index in [0.29, 0.717) is 0 Å². The van der Waals surface area contributed by atoms with E-state index in [1.165, 1.54) is 0 Å². The Hall–Kier alpha value is 0.150. The zero-order chi connectivity index (χ0) is 16.6. The van der Waals surface area contributed by atoms with E-state index in [0.717, 1.165) is 0 Å². The highest BCUT2D eigenvalue weighted by molar-refractivity contribution is 9.10. The molecule has 1 aliphatic rings. The SMILES string of the molecule is CCOC(=O)C1C(CC(Br)CC(F)(Br)C(F)(F)F)C1(C)C. The molecule has 2 nitrogen and oxygen atoms in total. The molecule has 124 valence electrons. The van der Waals surface area contributed by atoms with E-state index < -0.39 is 22.0 Å². The molecule has 0 aromatic heterocycles. The van der Waals surface area contributed by atoms with Crippen molar-refractivity contribution in [2.75, 3.05) is 6.61 Å². The molecule has 1 aliphatic carbocycles. The molecule has 4 atom stereocenters. The molecule has 1 rings (SSSR count). The first-order valence-corrected chi connectivity index (χ1v) is 8.30. The van der Waals surface area contributed by atoms with Gasteiger partial charge in [0.25, 0.3) is 4.58 Å². The Morgan fingerprint density at radius 3 is 2.29 bits per heavy atom. The molecular formula is C13H18Br2F4O2. The minimum atomic E-state index is -4.97. The highest BCUT2D eigenvalue weighted by Crippen LogP contribution is 2.61. The number of carbonyl (C=O) groups excluding carboxylic acids is 1. The van der Waals surface area contributed by atoms with Gasteiger partial charge in [-0.25, -0.2) is 4.39 Å². The van der Waals surface area contributed by atoms with Crippen molar-refractivity contribution in [3.63, 3.8) is 0 Å². The second kappa shape index (κ2) is 6.34. The summed E-state index contributed by atoms with van der Waals surface area (Å²) in [5, 5.41) is 0. The molecule has 0 radical (unpaired) electrons. The zero-order valence-corrected chi connectivity index (χ0v) is 15.1. The van der Waals surface area contributed by atoms with Gasteiger partial charge in [0.1, 0.15) is 0 Å². The van der Waals surface area contributed by atoms with Crippen LogP contribution >= 0.6 is 31.9 Å². The summed E-state index contributed by atoms with van der Waals surface area (Å²) in [5.74, 6) is -0.793. The second-order valence-corrected chi connectivity index (χ2v) is 8.45. The third-order valence-corrected chi connectivity index (χ3v) is 5.46. The van der Waals surface area contributed by atoms with Crippen LogP contribution in [0.5, 0.6) is 0 Å². The summed E-state index contributed by atoms with van der Waals surface area (Å²) in [6, 6.07) is 0. The van der Waals surface area contributed by atoms with Gasteiger partial charge < -0.3 is 4.74 Å². The molecule has 8 heteroatoms. The summed E-state index contributed by atoms with van der Waals surface area (Å²) in [6.07, 6.45) is -5.44. The van der Waals surface area contributed by atoms with Gasteiger partial charge in [0, 0.05) is 11.2 Å². The van der Waals surface area contributed by atoms with E-state index in [9.17, 15) is 22.4 Å². The number of hydrogen-bond acceptors (Lipinski definition) is 2. The molecule has 4 unspecified atom stereocenters. The van der Waals surface area contributed by atoms with Gasteiger partial charge in [0.2, 0.25) is 0 Å². The van der Waals surface area contributed by atoms with Crippen LogP contribution in [0, 0.1) is 17.3 Å². The van der Waals surface area contributed by atoms with Crippen LogP contribution in [-0.2, 0) is 9.53 Å². The van der Waals surface area contributed by atoms with Crippen LogP contribution in [0.2, 0.25) is 0 Å². The van der Waals surface area contributed by atoms with Gasteiger partial charge >= 0.3 is 12.1 Å². The molecule has 0 aromatic rings. The third-order valence-electron chi connectivity index (χ3n) is 3.99. The van der Waals surface area contributed by atoms with E-state index in [1.807, 2.05) is 13.8 Å². The van der Waals surface area contributed by atoms with E-state index in [-0.39, 0.29) is 36.2 Å². The van der Waals surface area contributed by atoms with Crippen LogP contribution < -0.4 is 0 Å². The van der Waals surface area contributed by atoms with E-state index in [4.69, 9.17) is 4.74 Å². The van der Waals surface area contributed by atoms with Crippen molar-refractivity contribution in [1.29, 1.82) is 0 Å². The Bertz CT molecular complexity index is 396. The number of rotatable bonds is 6. The fourth-order valence-electron chi connectivity index (χ4n) is 2.64. The van der Waals surface area contributed by atoms with Crippen molar-refractivity contribution in [3.8, 4) is 0 Å². The summed E-state index contributed by atoms with van der Waals surface area (Å²) in [6.45, 7) is 5.68. The van der Waals surface area contributed by atoms with Crippen LogP contribution in [0.1, 0.15) is 33.6 Å². The fourth-order valence-corrected chi connectivity index (χ4v) is 4.31. The third kappa shape index (κ3) is 4.33. The normalized spacial score (nSPS) is 28.6. The van der Waals surface area contributed by atoms with Gasteiger partial charge in [-0.2, -0.15) is 13.2 Å². The molecule has 0 aromatic carbocycles. The molecule has 21 heavy (non-hydrogen) atoms. The number of ether oxygens (including phenoxy) is 1. The van der Waals surface area contributed by atoms with Crippen molar-refractivity contribution >= 4 is 37.8 Å². The molecule has 0 aliphatic heterocycles. The topological polar surface area (TPSA) is 26.3 Å². The maximum atomic E-state index is 13.6. The van der Waals surface area contributed by atoms with E-state index in [2.05, 4.69) is 31.9 Å². The standard InChI is InChI=1S/C13H18Br2F4O2/c1-4-21-10(20)9-8(11(9,2)3)5-7(14)6-12(15,16)13(17,18)19/h7-9H,4-6H2,1-3H3. The smallest absolute Gasteiger partial charge is 0.432 e. The lowest BCUT2D eigenvalue weighted by Gasteiger charge is -2.24. The maximum absolute atomic E-state index is 13.6. The summed E-state index contributed by atoms with van der Waals surface area (Å²) < 4.78 is 52.5. The minimum absolute atomic E-state index is 0.113. The Balaban J connectivity index is 2.60. The van der Waals surface area contributed by atoms with Crippen molar-refractivity contribution in [2.24, 2.45) is 17.3 Å². The minimum Gasteiger partial charge on any atom is -0.466 e. The number of alkyl halides is 6. The van der Waals surface area contributed by atoms with Gasteiger partial charge in [-0.05, 0) is 40.6 Å². The van der Waals surface area contributed by atoms with Gasteiger partial charge in [0.05, 0.1) is 12.5 Å². The lowest BCUT2D eigenvalue weighted by atomic mass is 10.0.